The van der Waals surface area contributed by atoms with Gasteiger partial charge in [-0.1, -0.05) is 37.6 Å². The Labute approximate surface area is 77.4 Å². The van der Waals surface area contributed by atoms with E-state index >= 15 is 0 Å². The third-order valence-electron chi connectivity index (χ3n) is 2.25. The first kappa shape index (κ1) is 9.99. The Hall–Kier alpha value is -1.09. The van der Waals surface area contributed by atoms with Crippen LogP contribution in [0.15, 0.2) is 24.3 Å². The number of rotatable bonds is 3. The van der Waals surface area contributed by atoms with E-state index in [-0.39, 0.29) is 0 Å². The molecule has 0 radical (unpaired) electrons. The highest BCUT2D eigenvalue weighted by Crippen LogP contribution is 2.29. The van der Waals surface area contributed by atoms with Crippen LogP contribution in [0.2, 0.25) is 0 Å². The standard InChI is InChI=1S/C10H14O3/c1-2-6-10(13)7-4-3-5-8(10)9(11)12/h3-5,7-8,13H,2,6H2,1H3,(H,11,12). The van der Waals surface area contributed by atoms with Crippen LogP contribution in [0.4, 0.5) is 0 Å². The number of carbonyl (C=O) groups is 1. The van der Waals surface area contributed by atoms with E-state index < -0.39 is 17.5 Å². The molecule has 0 saturated carbocycles. The van der Waals surface area contributed by atoms with E-state index in [2.05, 4.69) is 0 Å². The predicted molar refractivity (Wildman–Crippen MR) is 49.3 cm³/mol. The zero-order valence-electron chi connectivity index (χ0n) is 7.60. The smallest absolute Gasteiger partial charge is 0.313 e. The summed E-state index contributed by atoms with van der Waals surface area (Å²) in [4.78, 5) is 10.8. The molecule has 3 heteroatoms. The van der Waals surface area contributed by atoms with Gasteiger partial charge in [0, 0.05) is 0 Å². The van der Waals surface area contributed by atoms with E-state index in [1.165, 1.54) is 6.08 Å². The van der Waals surface area contributed by atoms with Gasteiger partial charge in [0.2, 0.25) is 0 Å². The Morgan fingerprint density at radius 2 is 2.23 bits per heavy atom. The number of allylic oxidation sites excluding steroid dienone is 2. The summed E-state index contributed by atoms with van der Waals surface area (Å²) in [5.41, 5.74) is -1.20. The molecule has 0 aromatic heterocycles. The van der Waals surface area contributed by atoms with Gasteiger partial charge in [-0.15, -0.1) is 0 Å². The molecule has 2 unspecified atom stereocenters. The van der Waals surface area contributed by atoms with Crippen molar-refractivity contribution >= 4 is 5.97 Å². The lowest BCUT2D eigenvalue weighted by molar-refractivity contribution is -0.146. The summed E-state index contributed by atoms with van der Waals surface area (Å²) in [6.07, 6.45) is 7.68. The van der Waals surface area contributed by atoms with Crippen LogP contribution >= 0.6 is 0 Å². The molecule has 1 aliphatic carbocycles. The second-order valence-electron chi connectivity index (χ2n) is 3.30. The normalized spacial score (nSPS) is 32.0. The molecule has 0 aromatic carbocycles. The Morgan fingerprint density at radius 3 is 2.77 bits per heavy atom. The van der Waals surface area contributed by atoms with Gasteiger partial charge in [0.25, 0.3) is 0 Å². The minimum absolute atomic E-state index is 0.477. The Balaban J connectivity index is 2.86. The highest BCUT2D eigenvalue weighted by Gasteiger charge is 2.37. The molecule has 72 valence electrons. The Kier molecular flexibility index (Phi) is 2.88. The average Bonchev–Trinajstić information content (AvgIpc) is 2.04. The first-order valence-corrected chi connectivity index (χ1v) is 4.41. The van der Waals surface area contributed by atoms with E-state index in [4.69, 9.17) is 5.11 Å². The third-order valence-corrected chi connectivity index (χ3v) is 2.25. The number of carboxylic acid groups (broad SMARTS) is 1. The van der Waals surface area contributed by atoms with Crippen molar-refractivity contribution in [3.8, 4) is 0 Å². The fourth-order valence-corrected chi connectivity index (χ4v) is 1.60. The minimum Gasteiger partial charge on any atom is -0.481 e. The summed E-state index contributed by atoms with van der Waals surface area (Å²) in [6, 6.07) is 0. The second-order valence-corrected chi connectivity index (χ2v) is 3.30. The maximum atomic E-state index is 10.8. The molecular weight excluding hydrogens is 168 g/mol. The highest BCUT2D eigenvalue weighted by molar-refractivity contribution is 5.75. The lowest BCUT2D eigenvalue weighted by Gasteiger charge is -2.30. The van der Waals surface area contributed by atoms with Crippen LogP contribution in [0.3, 0.4) is 0 Å². The highest BCUT2D eigenvalue weighted by atomic mass is 16.4. The third kappa shape index (κ3) is 1.98. The Bertz CT molecular complexity index is 255. The largest absolute Gasteiger partial charge is 0.481 e. The van der Waals surface area contributed by atoms with Crippen LogP contribution in [-0.2, 0) is 4.79 Å². The summed E-state index contributed by atoms with van der Waals surface area (Å²) in [6.45, 7) is 1.92. The van der Waals surface area contributed by atoms with Gasteiger partial charge in [-0.2, -0.15) is 0 Å². The Morgan fingerprint density at radius 1 is 1.54 bits per heavy atom. The molecule has 2 N–H and O–H groups in total. The van der Waals surface area contributed by atoms with Crippen molar-refractivity contribution < 1.29 is 15.0 Å². The fraction of sp³-hybridized carbons (Fsp3) is 0.500. The van der Waals surface area contributed by atoms with Gasteiger partial charge in [-0.3, -0.25) is 4.79 Å². The molecule has 1 rings (SSSR count). The molecule has 1 aliphatic rings. The molecule has 0 amide bonds. The van der Waals surface area contributed by atoms with Crippen LogP contribution in [0.25, 0.3) is 0 Å². The van der Waals surface area contributed by atoms with E-state index in [9.17, 15) is 9.90 Å². The van der Waals surface area contributed by atoms with Gasteiger partial charge in [0.1, 0.15) is 5.92 Å². The number of aliphatic carboxylic acids is 1. The van der Waals surface area contributed by atoms with Crippen LogP contribution in [-0.4, -0.2) is 21.8 Å². The van der Waals surface area contributed by atoms with E-state index in [0.29, 0.717) is 6.42 Å². The first-order chi connectivity index (χ1) is 6.10. The molecule has 13 heavy (non-hydrogen) atoms. The number of hydrogen-bond acceptors (Lipinski definition) is 2. The zero-order valence-corrected chi connectivity index (χ0v) is 7.60. The van der Waals surface area contributed by atoms with Crippen molar-refractivity contribution in [1.82, 2.24) is 0 Å². The fourth-order valence-electron chi connectivity index (χ4n) is 1.60. The summed E-state index contributed by atoms with van der Waals surface area (Å²) >= 11 is 0. The second kappa shape index (κ2) is 3.75. The van der Waals surface area contributed by atoms with Gasteiger partial charge >= 0.3 is 5.97 Å². The topological polar surface area (TPSA) is 57.5 Å². The molecule has 0 bridgehead atoms. The lowest BCUT2D eigenvalue weighted by Crippen LogP contribution is -2.40. The molecule has 3 nitrogen and oxygen atoms in total. The SMILES string of the molecule is CCCC1(O)C=CC=CC1C(=O)O. The van der Waals surface area contributed by atoms with Crippen LogP contribution in [0.5, 0.6) is 0 Å². The van der Waals surface area contributed by atoms with E-state index in [0.717, 1.165) is 6.42 Å². The van der Waals surface area contributed by atoms with Gasteiger partial charge in [-0.05, 0) is 6.42 Å². The molecule has 0 spiro atoms. The first-order valence-electron chi connectivity index (χ1n) is 4.41. The zero-order chi connectivity index (χ0) is 9.90. The van der Waals surface area contributed by atoms with Crippen LogP contribution in [0.1, 0.15) is 19.8 Å². The quantitative estimate of drug-likeness (QED) is 0.692. The molecule has 0 aliphatic heterocycles. The van der Waals surface area contributed by atoms with Crippen LogP contribution in [0, 0.1) is 5.92 Å². The molecule has 0 fully saturated rings. The summed E-state index contributed by atoms with van der Waals surface area (Å²) in [7, 11) is 0. The summed E-state index contributed by atoms with van der Waals surface area (Å²) in [5.74, 6) is -1.78. The van der Waals surface area contributed by atoms with Gasteiger partial charge < -0.3 is 10.2 Å². The van der Waals surface area contributed by atoms with Crippen molar-refractivity contribution in [2.75, 3.05) is 0 Å². The van der Waals surface area contributed by atoms with Crippen molar-refractivity contribution in [3.05, 3.63) is 24.3 Å². The summed E-state index contributed by atoms with van der Waals surface area (Å²) in [5, 5.41) is 18.8. The maximum absolute atomic E-state index is 10.8. The maximum Gasteiger partial charge on any atom is 0.313 e. The van der Waals surface area contributed by atoms with Gasteiger partial charge in [0.15, 0.2) is 0 Å². The number of hydrogen-bond donors (Lipinski definition) is 2. The monoisotopic (exact) mass is 182 g/mol. The van der Waals surface area contributed by atoms with Crippen molar-refractivity contribution in [3.63, 3.8) is 0 Å². The van der Waals surface area contributed by atoms with E-state index in [1.807, 2.05) is 6.92 Å². The average molecular weight is 182 g/mol. The minimum atomic E-state index is -1.20. The van der Waals surface area contributed by atoms with Gasteiger partial charge in [0.05, 0.1) is 5.60 Å². The van der Waals surface area contributed by atoms with Crippen molar-refractivity contribution in [1.29, 1.82) is 0 Å². The van der Waals surface area contributed by atoms with Crippen LogP contribution < -0.4 is 0 Å². The molecule has 0 heterocycles. The molecular formula is C10H14O3. The number of carboxylic acids is 1. The molecule has 2 atom stereocenters. The van der Waals surface area contributed by atoms with Crippen molar-refractivity contribution in [2.45, 2.75) is 25.4 Å². The van der Waals surface area contributed by atoms with Crippen molar-refractivity contribution in [2.24, 2.45) is 5.92 Å². The molecule has 0 saturated heterocycles. The number of aliphatic hydroxyl groups is 1. The predicted octanol–water partition coefficient (Wildman–Crippen LogP) is 1.34. The van der Waals surface area contributed by atoms with E-state index in [1.54, 1.807) is 18.2 Å². The lowest BCUT2D eigenvalue weighted by atomic mass is 9.81. The molecule has 0 aromatic rings. The summed E-state index contributed by atoms with van der Waals surface area (Å²) < 4.78 is 0. The van der Waals surface area contributed by atoms with Gasteiger partial charge in [-0.25, -0.2) is 0 Å².